The van der Waals surface area contributed by atoms with E-state index in [0.29, 0.717) is 5.82 Å². The molecule has 0 aliphatic rings. The van der Waals surface area contributed by atoms with Gasteiger partial charge < -0.3 is 15.2 Å². The van der Waals surface area contributed by atoms with Gasteiger partial charge in [-0.3, -0.25) is 9.59 Å². The predicted molar refractivity (Wildman–Crippen MR) is 132 cm³/mol. The fourth-order valence-corrected chi connectivity index (χ4v) is 3.80. The first-order valence-corrected chi connectivity index (χ1v) is 11.6. The number of nitrogens with one attached hydrogen (secondary N) is 1. The number of carboxylic acids is 1. The largest absolute Gasteiger partial charge is 0.481 e. The van der Waals surface area contributed by atoms with Gasteiger partial charge in [-0.2, -0.15) is 4.80 Å². The molecule has 0 fully saturated rings. The summed E-state index contributed by atoms with van der Waals surface area (Å²) in [6.45, 7) is -0.394. The lowest BCUT2D eigenvalue weighted by Crippen LogP contribution is -2.44. The molecule has 1 atom stereocenters. The fourth-order valence-electron chi connectivity index (χ4n) is 3.80. The van der Waals surface area contributed by atoms with Crippen molar-refractivity contribution >= 4 is 17.8 Å². The summed E-state index contributed by atoms with van der Waals surface area (Å²) in [7, 11) is 0. The number of hydrogen-bond acceptors (Lipinski definition) is 7. The summed E-state index contributed by atoms with van der Waals surface area (Å²) in [5.74, 6) is -1.77. The van der Waals surface area contributed by atoms with Crippen molar-refractivity contribution in [3.05, 3.63) is 114 Å². The zero-order valence-corrected chi connectivity index (χ0v) is 19.8. The standard InChI is InChI=1S/C27H25N5O5/c33-23(22(16-24(34)35)28-27(36)37-18-19-10-4-1-5-11-19)17-32-30-26(29-31-32)25(20-12-6-2-7-13-20)21-14-8-3-9-15-21/h1-15,22,25H,16-18H2,(H,28,36)(H,34,35). The van der Waals surface area contributed by atoms with Gasteiger partial charge in [0, 0.05) is 0 Å². The Morgan fingerprint density at radius 3 is 2.00 bits per heavy atom. The average Bonchev–Trinajstić information content (AvgIpc) is 3.36. The lowest BCUT2D eigenvalue weighted by Gasteiger charge is -2.16. The number of Topliss-reactive ketones (excluding diaryl/α,β-unsaturated/α-hetero) is 1. The first kappa shape index (κ1) is 25.2. The number of aromatic nitrogens is 4. The van der Waals surface area contributed by atoms with Gasteiger partial charge in [0.1, 0.15) is 19.2 Å². The summed E-state index contributed by atoms with van der Waals surface area (Å²) in [6, 6.07) is 27.0. The number of alkyl carbamates (subject to hydrolysis) is 1. The number of ketones is 1. The minimum Gasteiger partial charge on any atom is -0.481 e. The smallest absolute Gasteiger partial charge is 0.408 e. The van der Waals surface area contributed by atoms with Crippen LogP contribution in [0, 0.1) is 0 Å². The summed E-state index contributed by atoms with van der Waals surface area (Å²) >= 11 is 0. The van der Waals surface area contributed by atoms with Crippen LogP contribution in [0.4, 0.5) is 4.79 Å². The van der Waals surface area contributed by atoms with Crippen molar-refractivity contribution in [2.45, 2.75) is 31.5 Å². The molecule has 1 heterocycles. The molecule has 4 rings (SSSR count). The van der Waals surface area contributed by atoms with Crippen LogP contribution in [0.25, 0.3) is 0 Å². The molecule has 2 N–H and O–H groups in total. The van der Waals surface area contributed by atoms with Crippen molar-refractivity contribution in [1.29, 1.82) is 0 Å². The van der Waals surface area contributed by atoms with E-state index in [9.17, 15) is 19.5 Å². The second-order valence-corrected chi connectivity index (χ2v) is 8.26. The number of amides is 1. The Labute approximate surface area is 212 Å². The van der Waals surface area contributed by atoms with Gasteiger partial charge in [0.05, 0.1) is 12.3 Å². The normalized spacial score (nSPS) is 11.6. The maximum absolute atomic E-state index is 12.9. The third-order valence-electron chi connectivity index (χ3n) is 5.56. The number of carbonyl (C=O) groups excluding carboxylic acids is 2. The molecular formula is C27H25N5O5. The van der Waals surface area contributed by atoms with Gasteiger partial charge in [0.15, 0.2) is 11.6 Å². The Morgan fingerprint density at radius 1 is 0.865 bits per heavy atom. The van der Waals surface area contributed by atoms with Crippen molar-refractivity contribution in [2.75, 3.05) is 0 Å². The molecule has 37 heavy (non-hydrogen) atoms. The zero-order chi connectivity index (χ0) is 26.0. The fraction of sp³-hybridized carbons (Fsp3) is 0.185. The number of nitrogens with zero attached hydrogens (tertiary/aromatic N) is 4. The van der Waals surface area contributed by atoms with Crippen LogP contribution >= 0.6 is 0 Å². The van der Waals surface area contributed by atoms with E-state index in [1.54, 1.807) is 24.3 Å². The zero-order valence-electron chi connectivity index (χ0n) is 19.8. The van der Waals surface area contributed by atoms with Crippen molar-refractivity contribution in [3.8, 4) is 0 Å². The number of rotatable bonds is 11. The second kappa shape index (κ2) is 12.2. The number of benzene rings is 3. The van der Waals surface area contributed by atoms with Crippen molar-refractivity contribution < 1.29 is 24.2 Å². The van der Waals surface area contributed by atoms with Gasteiger partial charge in [-0.05, 0) is 21.9 Å². The highest BCUT2D eigenvalue weighted by molar-refractivity contribution is 5.90. The van der Waals surface area contributed by atoms with Crippen LogP contribution in [0.15, 0.2) is 91.0 Å². The van der Waals surface area contributed by atoms with E-state index >= 15 is 0 Å². The maximum Gasteiger partial charge on any atom is 0.408 e. The molecule has 0 spiro atoms. The molecule has 188 valence electrons. The number of ether oxygens (including phenoxy) is 1. The molecule has 1 amide bonds. The molecule has 0 saturated carbocycles. The molecule has 0 saturated heterocycles. The van der Waals surface area contributed by atoms with Crippen molar-refractivity contribution in [3.63, 3.8) is 0 Å². The van der Waals surface area contributed by atoms with Crippen LogP contribution < -0.4 is 5.32 Å². The Balaban J connectivity index is 1.46. The molecule has 3 aromatic carbocycles. The molecule has 1 aromatic heterocycles. The molecule has 10 heteroatoms. The first-order chi connectivity index (χ1) is 18.0. The highest BCUT2D eigenvalue weighted by atomic mass is 16.5. The monoisotopic (exact) mass is 499 g/mol. The number of hydrogen-bond donors (Lipinski definition) is 2. The molecule has 0 radical (unpaired) electrons. The molecule has 0 aliphatic heterocycles. The topological polar surface area (TPSA) is 136 Å². The van der Waals surface area contributed by atoms with E-state index in [-0.39, 0.29) is 19.1 Å². The third kappa shape index (κ3) is 7.07. The second-order valence-electron chi connectivity index (χ2n) is 8.26. The molecular weight excluding hydrogens is 474 g/mol. The average molecular weight is 500 g/mol. The van der Waals surface area contributed by atoms with Gasteiger partial charge in [-0.25, -0.2) is 4.79 Å². The van der Waals surface area contributed by atoms with Crippen LogP contribution in [-0.2, 0) is 27.5 Å². The van der Waals surface area contributed by atoms with E-state index in [4.69, 9.17) is 4.74 Å². The SMILES string of the molecule is O=C(O)CC(NC(=O)OCc1ccccc1)C(=O)Cn1nnc(C(c2ccccc2)c2ccccc2)n1. The quantitative estimate of drug-likeness (QED) is 0.321. The Bertz CT molecular complexity index is 1290. The summed E-state index contributed by atoms with van der Waals surface area (Å²) in [5.41, 5.74) is 2.65. The van der Waals surface area contributed by atoms with E-state index in [1.807, 2.05) is 66.7 Å². The molecule has 4 aromatic rings. The predicted octanol–water partition coefficient (Wildman–Crippen LogP) is 3.19. The van der Waals surface area contributed by atoms with Crippen LogP contribution in [0.2, 0.25) is 0 Å². The van der Waals surface area contributed by atoms with Crippen LogP contribution in [0.1, 0.15) is 34.9 Å². The third-order valence-corrected chi connectivity index (χ3v) is 5.56. The number of aliphatic carboxylic acids is 1. The van der Waals surface area contributed by atoms with Gasteiger partial charge in [0.2, 0.25) is 0 Å². The van der Waals surface area contributed by atoms with Gasteiger partial charge in [-0.1, -0.05) is 91.0 Å². The molecule has 10 nitrogen and oxygen atoms in total. The highest BCUT2D eigenvalue weighted by Crippen LogP contribution is 2.28. The maximum atomic E-state index is 12.9. The lowest BCUT2D eigenvalue weighted by atomic mass is 9.91. The number of carbonyl (C=O) groups is 3. The number of carboxylic acid groups (broad SMARTS) is 1. The minimum atomic E-state index is -1.32. The Kier molecular flexibility index (Phi) is 8.33. The Morgan fingerprint density at radius 2 is 1.43 bits per heavy atom. The van der Waals surface area contributed by atoms with Gasteiger partial charge in [0.25, 0.3) is 0 Å². The summed E-state index contributed by atoms with van der Waals surface area (Å²) in [6.07, 6.45) is -1.51. The van der Waals surface area contributed by atoms with E-state index in [0.717, 1.165) is 21.5 Å². The van der Waals surface area contributed by atoms with E-state index in [2.05, 4.69) is 20.7 Å². The van der Waals surface area contributed by atoms with Crippen LogP contribution in [-0.4, -0.2) is 49.2 Å². The van der Waals surface area contributed by atoms with Gasteiger partial charge >= 0.3 is 12.1 Å². The summed E-state index contributed by atoms with van der Waals surface area (Å²) in [4.78, 5) is 37.6. The number of tetrazole rings is 1. The minimum absolute atomic E-state index is 0.0188. The van der Waals surface area contributed by atoms with Crippen LogP contribution in [0.5, 0.6) is 0 Å². The Hall–Kier alpha value is -4.86. The van der Waals surface area contributed by atoms with Crippen molar-refractivity contribution in [2.24, 2.45) is 0 Å². The molecule has 0 bridgehead atoms. The highest BCUT2D eigenvalue weighted by Gasteiger charge is 2.27. The molecule has 0 aliphatic carbocycles. The summed E-state index contributed by atoms with van der Waals surface area (Å²) < 4.78 is 5.13. The summed E-state index contributed by atoms with van der Waals surface area (Å²) in [5, 5.41) is 24.2. The first-order valence-electron chi connectivity index (χ1n) is 11.6. The van der Waals surface area contributed by atoms with E-state index in [1.165, 1.54) is 0 Å². The lowest BCUT2D eigenvalue weighted by molar-refractivity contribution is -0.139. The van der Waals surface area contributed by atoms with Crippen LogP contribution in [0.3, 0.4) is 0 Å². The molecule has 1 unspecified atom stereocenters. The van der Waals surface area contributed by atoms with E-state index < -0.39 is 30.3 Å². The van der Waals surface area contributed by atoms with Gasteiger partial charge in [-0.15, -0.1) is 10.2 Å². The van der Waals surface area contributed by atoms with Crippen molar-refractivity contribution in [1.82, 2.24) is 25.5 Å².